The molecule has 2 rings (SSSR count). The van der Waals surface area contributed by atoms with Gasteiger partial charge in [-0.2, -0.15) is 0 Å². The van der Waals surface area contributed by atoms with Crippen LogP contribution in [0.1, 0.15) is 20.7 Å². The lowest BCUT2D eigenvalue weighted by Crippen LogP contribution is -2.36. The average molecular weight is 205 g/mol. The Morgan fingerprint density at radius 2 is 2.20 bits per heavy atom. The van der Waals surface area contributed by atoms with Gasteiger partial charge in [0.25, 0.3) is 11.8 Å². The van der Waals surface area contributed by atoms with Crippen LogP contribution in [0.5, 0.6) is 0 Å². The van der Waals surface area contributed by atoms with Gasteiger partial charge in [0.15, 0.2) is 0 Å². The number of nitrogens with one attached hydrogen (secondary N) is 3. The van der Waals surface area contributed by atoms with Crippen molar-refractivity contribution in [1.29, 1.82) is 0 Å². The number of hydrogen-bond donors (Lipinski definition) is 3. The average Bonchev–Trinajstić information content (AvgIpc) is 2.28. The Morgan fingerprint density at radius 1 is 1.40 bits per heavy atom. The molecule has 0 saturated carbocycles. The van der Waals surface area contributed by atoms with Gasteiger partial charge in [-0.25, -0.2) is 0 Å². The van der Waals surface area contributed by atoms with E-state index in [1.54, 1.807) is 25.2 Å². The monoisotopic (exact) mass is 205 g/mol. The van der Waals surface area contributed by atoms with Crippen LogP contribution in [0, 0.1) is 0 Å². The highest BCUT2D eigenvalue weighted by Crippen LogP contribution is 2.22. The molecule has 5 nitrogen and oxygen atoms in total. The molecule has 5 heteroatoms. The molecule has 0 bridgehead atoms. The summed E-state index contributed by atoms with van der Waals surface area (Å²) >= 11 is 0. The van der Waals surface area contributed by atoms with Gasteiger partial charge in [0.1, 0.15) is 0 Å². The van der Waals surface area contributed by atoms with Gasteiger partial charge in [0, 0.05) is 7.05 Å². The molecule has 0 spiro atoms. The van der Waals surface area contributed by atoms with Crippen LogP contribution in [0.3, 0.4) is 0 Å². The molecule has 1 aliphatic rings. The second-order valence-electron chi connectivity index (χ2n) is 3.17. The third-order valence-corrected chi connectivity index (χ3v) is 2.29. The molecule has 0 aliphatic carbocycles. The second kappa shape index (κ2) is 3.61. The summed E-state index contributed by atoms with van der Waals surface area (Å²) in [5.74, 6) is -0.358. The van der Waals surface area contributed by atoms with Gasteiger partial charge in [-0.05, 0) is 12.1 Å². The maximum atomic E-state index is 11.5. The Bertz CT molecular complexity index is 429. The summed E-state index contributed by atoms with van der Waals surface area (Å²) in [6.07, 6.45) is 0. The Kier molecular flexibility index (Phi) is 2.29. The van der Waals surface area contributed by atoms with E-state index in [9.17, 15) is 9.59 Å². The molecule has 0 saturated heterocycles. The van der Waals surface area contributed by atoms with Crippen LogP contribution in [0.15, 0.2) is 18.2 Å². The molecular formula is C10H11N3O2. The van der Waals surface area contributed by atoms with E-state index in [-0.39, 0.29) is 11.8 Å². The Hall–Kier alpha value is -2.04. The number of rotatable bonds is 1. The number of anilines is 1. The van der Waals surface area contributed by atoms with Gasteiger partial charge in [0.05, 0.1) is 23.5 Å². The van der Waals surface area contributed by atoms with Crippen molar-refractivity contribution in [2.24, 2.45) is 0 Å². The van der Waals surface area contributed by atoms with E-state index < -0.39 is 0 Å². The van der Waals surface area contributed by atoms with E-state index in [0.717, 1.165) is 0 Å². The quantitative estimate of drug-likeness (QED) is 0.611. The fraction of sp³-hybridized carbons (Fsp3) is 0.200. The molecule has 78 valence electrons. The fourth-order valence-corrected chi connectivity index (χ4v) is 1.56. The van der Waals surface area contributed by atoms with Crippen LogP contribution in [0.2, 0.25) is 0 Å². The van der Waals surface area contributed by atoms with E-state index in [1.165, 1.54) is 0 Å². The number of hydrogen-bond acceptors (Lipinski definition) is 3. The second-order valence-corrected chi connectivity index (χ2v) is 3.17. The van der Waals surface area contributed by atoms with Gasteiger partial charge in [-0.15, -0.1) is 0 Å². The van der Waals surface area contributed by atoms with Crippen LogP contribution in [0.4, 0.5) is 5.69 Å². The van der Waals surface area contributed by atoms with Gasteiger partial charge in [0.2, 0.25) is 0 Å². The predicted molar refractivity (Wildman–Crippen MR) is 55.8 cm³/mol. The number of amides is 2. The summed E-state index contributed by atoms with van der Waals surface area (Å²) < 4.78 is 0. The molecule has 1 aliphatic heterocycles. The predicted octanol–water partition coefficient (Wildman–Crippen LogP) is 0.159. The van der Waals surface area contributed by atoms with Crippen molar-refractivity contribution >= 4 is 17.5 Å². The first-order valence-corrected chi connectivity index (χ1v) is 4.61. The van der Waals surface area contributed by atoms with Crippen LogP contribution in [-0.4, -0.2) is 25.5 Å². The Labute approximate surface area is 86.9 Å². The van der Waals surface area contributed by atoms with Crippen molar-refractivity contribution in [2.75, 3.05) is 19.0 Å². The van der Waals surface area contributed by atoms with Crippen molar-refractivity contribution in [3.8, 4) is 0 Å². The fourth-order valence-electron chi connectivity index (χ4n) is 1.56. The highest BCUT2D eigenvalue weighted by molar-refractivity contribution is 6.08. The number of carbonyl (C=O) groups is 2. The lowest BCUT2D eigenvalue weighted by molar-refractivity contribution is 0.0953. The summed E-state index contributed by atoms with van der Waals surface area (Å²) in [4.78, 5) is 23.0. The van der Waals surface area contributed by atoms with Crippen molar-refractivity contribution in [1.82, 2.24) is 10.6 Å². The summed E-state index contributed by atoms with van der Waals surface area (Å²) in [6.45, 7) is 0.347. The minimum absolute atomic E-state index is 0.158. The normalized spacial score (nSPS) is 13.5. The lowest BCUT2D eigenvalue weighted by Gasteiger charge is -2.20. The Balaban J connectivity index is 2.54. The minimum atomic E-state index is -0.200. The third kappa shape index (κ3) is 1.52. The molecule has 0 unspecified atom stereocenters. The molecule has 0 atom stereocenters. The molecule has 1 aromatic carbocycles. The minimum Gasteiger partial charge on any atom is -0.367 e. The molecule has 0 aromatic heterocycles. The van der Waals surface area contributed by atoms with Crippen molar-refractivity contribution in [3.05, 3.63) is 29.3 Å². The third-order valence-electron chi connectivity index (χ3n) is 2.29. The highest BCUT2D eigenvalue weighted by Gasteiger charge is 2.21. The maximum absolute atomic E-state index is 11.5. The van der Waals surface area contributed by atoms with E-state index in [2.05, 4.69) is 16.0 Å². The highest BCUT2D eigenvalue weighted by atomic mass is 16.2. The summed E-state index contributed by atoms with van der Waals surface area (Å²) in [5, 5.41) is 8.16. The van der Waals surface area contributed by atoms with E-state index in [0.29, 0.717) is 23.5 Å². The molecule has 1 heterocycles. The number of fused-ring (bicyclic) bond motifs is 1. The maximum Gasteiger partial charge on any atom is 0.254 e. The standard InChI is InChI=1S/C10H11N3O2/c1-11-9(14)6-3-2-4-7-8(6)12-5-13-10(7)15/h2-4,12H,5H2,1H3,(H,11,14)(H,13,15). The molecule has 2 amide bonds. The first-order valence-electron chi connectivity index (χ1n) is 4.61. The van der Waals surface area contributed by atoms with E-state index in [4.69, 9.17) is 0 Å². The Morgan fingerprint density at radius 3 is 2.93 bits per heavy atom. The van der Waals surface area contributed by atoms with Crippen LogP contribution >= 0.6 is 0 Å². The van der Waals surface area contributed by atoms with Crippen molar-refractivity contribution in [2.45, 2.75) is 0 Å². The zero-order valence-electron chi connectivity index (χ0n) is 8.26. The molecule has 1 aromatic rings. The molecule has 3 N–H and O–H groups in total. The van der Waals surface area contributed by atoms with Crippen molar-refractivity contribution in [3.63, 3.8) is 0 Å². The first-order chi connectivity index (χ1) is 7.24. The van der Waals surface area contributed by atoms with E-state index in [1.807, 2.05) is 0 Å². The van der Waals surface area contributed by atoms with Crippen molar-refractivity contribution < 1.29 is 9.59 Å². The SMILES string of the molecule is CNC(=O)c1cccc2c1NCNC2=O. The summed E-state index contributed by atoms with van der Waals surface area (Å²) in [5.41, 5.74) is 1.59. The van der Waals surface area contributed by atoms with Gasteiger partial charge in [-0.1, -0.05) is 6.07 Å². The number of benzene rings is 1. The summed E-state index contributed by atoms with van der Waals surface area (Å²) in [7, 11) is 1.56. The van der Waals surface area contributed by atoms with Gasteiger partial charge >= 0.3 is 0 Å². The smallest absolute Gasteiger partial charge is 0.254 e. The first kappa shape index (κ1) is 9.51. The van der Waals surface area contributed by atoms with Gasteiger partial charge in [-0.3, -0.25) is 9.59 Å². The number of carbonyl (C=O) groups excluding carboxylic acids is 2. The number of para-hydroxylation sites is 1. The van der Waals surface area contributed by atoms with Crippen LogP contribution in [0.25, 0.3) is 0 Å². The van der Waals surface area contributed by atoms with Gasteiger partial charge < -0.3 is 16.0 Å². The topological polar surface area (TPSA) is 70.2 Å². The zero-order valence-corrected chi connectivity index (χ0v) is 8.26. The molecule has 0 fully saturated rings. The molecule has 15 heavy (non-hydrogen) atoms. The molecular weight excluding hydrogens is 194 g/mol. The van der Waals surface area contributed by atoms with Crippen LogP contribution in [-0.2, 0) is 0 Å². The lowest BCUT2D eigenvalue weighted by atomic mass is 10.0. The molecule has 0 radical (unpaired) electrons. The zero-order chi connectivity index (χ0) is 10.8. The van der Waals surface area contributed by atoms with E-state index >= 15 is 0 Å². The van der Waals surface area contributed by atoms with Crippen LogP contribution < -0.4 is 16.0 Å². The summed E-state index contributed by atoms with van der Waals surface area (Å²) in [6, 6.07) is 5.06. The largest absolute Gasteiger partial charge is 0.367 e.